The predicted molar refractivity (Wildman–Crippen MR) is 105 cm³/mol. The van der Waals surface area contributed by atoms with Gasteiger partial charge in [-0.25, -0.2) is 0 Å². The molecule has 1 aliphatic rings. The lowest BCUT2D eigenvalue weighted by atomic mass is 10.1. The first-order valence-corrected chi connectivity index (χ1v) is 9.15. The van der Waals surface area contributed by atoms with Crippen LogP contribution in [-0.4, -0.2) is 56.2 Å². The zero-order chi connectivity index (χ0) is 19.9. The van der Waals surface area contributed by atoms with Crippen LogP contribution in [0.3, 0.4) is 0 Å². The van der Waals surface area contributed by atoms with Crippen LogP contribution in [0, 0.1) is 0 Å². The number of carbonyl (C=O) groups excluding carboxylic acids is 2. The van der Waals surface area contributed by atoms with E-state index in [2.05, 4.69) is 5.32 Å². The average molecular weight is 384 g/mol. The minimum absolute atomic E-state index is 0.0677. The van der Waals surface area contributed by atoms with Crippen LogP contribution in [-0.2, 0) is 9.53 Å². The number of ether oxygens (including phenoxy) is 3. The molecule has 148 valence electrons. The van der Waals surface area contributed by atoms with Crippen LogP contribution in [0.15, 0.2) is 48.5 Å². The summed E-state index contributed by atoms with van der Waals surface area (Å²) in [6, 6.07) is 13.9. The van der Waals surface area contributed by atoms with Crippen LogP contribution in [0.4, 0.5) is 5.69 Å². The second-order valence-electron chi connectivity index (χ2n) is 6.41. The number of hydrogen-bond acceptors (Lipinski definition) is 5. The minimum Gasteiger partial charge on any atom is -0.497 e. The molecule has 0 spiro atoms. The number of nitrogens with one attached hydrogen (secondary N) is 1. The molecule has 1 aliphatic heterocycles. The largest absolute Gasteiger partial charge is 0.497 e. The van der Waals surface area contributed by atoms with Crippen molar-refractivity contribution < 1.29 is 23.8 Å². The highest BCUT2D eigenvalue weighted by Gasteiger charge is 2.20. The Morgan fingerprint density at radius 3 is 2.43 bits per heavy atom. The lowest BCUT2D eigenvalue weighted by molar-refractivity contribution is -0.122. The fraction of sp³-hybridized carbons (Fsp3) is 0.333. The molecule has 1 atom stereocenters. The Bertz CT molecular complexity index is 816. The number of amides is 2. The molecule has 1 unspecified atom stereocenters. The molecule has 2 aromatic carbocycles. The van der Waals surface area contributed by atoms with Crippen molar-refractivity contribution in [3.05, 3.63) is 54.1 Å². The third-order valence-electron chi connectivity index (χ3n) is 4.42. The SMILES string of the molecule is COc1ccc(OC(C)C(=O)Nc2cccc(C(=O)N3CCOCC3)c2)cc1. The highest BCUT2D eigenvalue weighted by molar-refractivity contribution is 5.98. The molecule has 2 aromatic rings. The highest BCUT2D eigenvalue weighted by Crippen LogP contribution is 2.19. The molecule has 7 nitrogen and oxygen atoms in total. The Kier molecular flexibility index (Phi) is 6.49. The van der Waals surface area contributed by atoms with Crippen LogP contribution < -0.4 is 14.8 Å². The van der Waals surface area contributed by atoms with E-state index in [4.69, 9.17) is 14.2 Å². The van der Waals surface area contributed by atoms with Crippen molar-refractivity contribution in [1.29, 1.82) is 0 Å². The standard InChI is InChI=1S/C21H24N2O5/c1-15(28-19-8-6-18(26-2)7-9-19)20(24)22-17-5-3-4-16(14-17)21(25)23-10-12-27-13-11-23/h3-9,14-15H,10-13H2,1-2H3,(H,22,24). The van der Waals surface area contributed by atoms with Crippen LogP contribution in [0.2, 0.25) is 0 Å². The van der Waals surface area contributed by atoms with E-state index in [1.165, 1.54) is 0 Å². The zero-order valence-corrected chi connectivity index (χ0v) is 16.0. The molecule has 0 aliphatic carbocycles. The van der Waals surface area contributed by atoms with E-state index in [0.717, 1.165) is 0 Å². The van der Waals surface area contributed by atoms with Crippen LogP contribution in [0.5, 0.6) is 11.5 Å². The molecule has 28 heavy (non-hydrogen) atoms. The van der Waals surface area contributed by atoms with Gasteiger partial charge in [0.25, 0.3) is 11.8 Å². The maximum atomic E-state index is 12.6. The summed E-state index contributed by atoms with van der Waals surface area (Å²) in [6.45, 7) is 3.90. The van der Waals surface area contributed by atoms with Crippen molar-refractivity contribution in [2.75, 3.05) is 38.7 Å². The summed E-state index contributed by atoms with van der Waals surface area (Å²) >= 11 is 0. The first kappa shape index (κ1) is 19.7. The first-order chi connectivity index (χ1) is 13.6. The first-order valence-electron chi connectivity index (χ1n) is 9.15. The lowest BCUT2D eigenvalue weighted by Gasteiger charge is -2.27. The van der Waals surface area contributed by atoms with Gasteiger partial charge in [-0.1, -0.05) is 6.07 Å². The minimum atomic E-state index is -0.702. The molecular formula is C21H24N2O5. The van der Waals surface area contributed by atoms with Crippen LogP contribution in [0.1, 0.15) is 17.3 Å². The molecule has 0 radical (unpaired) electrons. The summed E-state index contributed by atoms with van der Waals surface area (Å²) in [6.07, 6.45) is -0.702. The van der Waals surface area contributed by atoms with E-state index < -0.39 is 6.10 Å². The maximum absolute atomic E-state index is 12.6. The Labute approximate surface area is 164 Å². The number of anilines is 1. The second-order valence-corrected chi connectivity index (χ2v) is 6.41. The molecule has 0 aromatic heterocycles. The molecule has 0 saturated carbocycles. The molecule has 7 heteroatoms. The Morgan fingerprint density at radius 2 is 1.75 bits per heavy atom. The second kappa shape index (κ2) is 9.23. The van der Waals surface area contributed by atoms with Gasteiger partial charge in [0, 0.05) is 24.3 Å². The van der Waals surface area contributed by atoms with Crippen molar-refractivity contribution in [1.82, 2.24) is 4.90 Å². The maximum Gasteiger partial charge on any atom is 0.265 e. The van der Waals surface area contributed by atoms with Crippen molar-refractivity contribution in [2.24, 2.45) is 0 Å². The van der Waals surface area contributed by atoms with Gasteiger partial charge >= 0.3 is 0 Å². The molecule has 0 bridgehead atoms. The zero-order valence-electron chi connectivity index (χ0n) is 16.0. The quantitative estimate of drug-likeness (QED) is 0.828. The Hall–Kier alpha value is -3.06. The number of hydrogen-bond donors (Lipinski definition) is 1. The highest BCUT2D eigenvalue weighted by atomic mass is 16.5. The van der Waals surface area contributed by atoms with Gasteiger partial charge in [0.1, 0.15) is 11.5 Å². The average Bonchev–Trinajstić information content (AvgIpc) is 2.74. The third-order valence-corrected chi connectivity index (χ3v) is 4.42. The van der Waals surface area contributed by atoms with Crippen molar-refractivity contribution in [2.45, 2.75) is 13.0 Å². The topological polar surface area (TPSA) is 77.1 Å². The summed E-state index contributed by atoms with van der Waals surface area (Å²) < 4.78 is 16.0. The molecule has 1 saturated heterocycles. The van der Waals surface area contributed by atoms with E-state index in [1.54, 1.807) is 67.5 Å². The Balaban J connectivity index is 1.60. The number of morpholine rings is 1. The summed E-state index contributed by atoms with van der Waals surface area (Å²) in [7, 11) is 1.59. The summed E-state index contributed by atoms with van der Waals surface area (Å²) in [4.78, 5) is 26.8. The fourth-order valence-corrected chi connectivity index (χ4v) is 2.83. The number of benzene rings is 2. The molecule has 2 amide bonds. The van der Waals surface area contributed by atoms with Crippen molar-refractivity contribution in [3.63, 3.8) is 0 Å². The van der Waals surface area contributed by atoms with E-state index in [1.807, 2.05) is 0 Å². The van der Waals surface area contributed by atoms with Crippen molar-refractivity contribution >= 4 is 17.5 Å². The molecular weight excluding hydrogens is 360 g/mol. The number of carbonyl (C=O) groups is 2. The van der Waals surface area contributed by atoms with Gasteiger partial charge in [0.05, 0.1) is 20.3 Å². The smallest absolute Gasteiger partial charge is 0.265 e. The monoisotopic (exact) mass is 384 g/mol. The number of rotatable bonds is 6. The molecule has 1 fully saturated rings. The van der Waals surface area contributed by atoms with Gasteiger partial charge in [-0.3, -0.25) is 9.59 Å². The van der Waals surface area contributed by atoms with Crippen LogP contribution >= 0.6 is 0 Å². The molecule has 1 N–H and O–H groups in total. The van der Waals surface area contributed by atoms with Gasteiger partial charge in [-0.15, -0.1) is 0 Å². The van der Waals surface area contributed by atoms with E-state index >= 15 is 0 Å². The van der Waals surface area contributed by atoms with Crippen molar-refractivity contribution in [3.8, 4) is 11.5 Å². The summed E-state index contributed by atoms with van der Waals surface area (Å²) in [5.41, 5.74) is 1.08. The van der Waals surface area contributed by atoms with Gasteiger partial charge in [0.2, 0.25) is 0 Å². The van der Waals surface area contributed by atoms with Gasteiger partial charge < -0.3 is 24.4 Å². The van der Waals surface area contributed by atoms with Crippen LogP contribution in [0.25, 0.3) is 0 Å². The fourth-order valence-electron chi connectivity index (χ4n) is 2.83. The third kappa shape index (κ3) is 5.01. The van der Waals surface area contributed by atoms with E-state index in [-0.39, 0.29) is 11.8 Å². The number of nitrogens with zero attached hydrogens (tertiary/aromatic N) is 1. The molecule has 3 rings (SSSR count). The van der Waals surface area contributed by atoms with Gasteiger partial charge in [-0.05, 0) is 49.4 Å². The van der Waals surface area contributed by atoms with Gasteiger partial charge in [-0.2, -0.15) is 0 Å². The predicted octanol–water partition coefficient (Wildman–Crippen LogP) is 2.57. The number of methoxy groups -OCH3 is 1. The summed E-state index contributed by atoms with van der Waals surface area (Å²) in [5.74, 6) is 0.916. The lowest BCUT2D eigenvalue weighted by Crippen LogP contribution is -2.40. The summed E-state index contributed by atoms with van der Waals surface area (Å²) in [5, 5.41) is 2.80. The normalized spacial score (nSPS) is 14.9. The molecule has 1 heterocycles. The van der Waals surface area contributed by atoms with Gasteiger partial charge in [0.15, 0.2) is 6.10 Å². The van der Waals surface area contributed by atoms with E-state index in [9.17, 15) is 9.59 Å². The van der Waals surface area contributed by atoms with E-state index in [0.29, 0.717) is 49.1 Å². The Morgan fingerprint density at radius 1 is 1.07 bits per heavy atom.